The van der Waals surface area contributed by atoms with Crippen LogP contribution in [0.4, 0.5) is 5.69 Å². The number of halogens is 1. The van der Waals surface area contributed by atoms with Crippen molar-refractivity contribution in [2.45, 2.75) is 20.5 Å². The van der Waals surface area contributed by atoms with E-state index in [1.54, 1.807) is 31.2 Å². The number of aliphatic hydroxyl groups excluding tert-OH is 1. The van der Waals surface area contributed by atoms with Gasteiger partial charge in [0.15, 0.2) is 0 Å². The van der Waals surface area contributed by atoms with Crippen molar-refractivity contribution in [2.24, 2.45) is 0 Å². The molecule has 0 amide bonds. The fourth-order valence-electron chi connectivity index (χ4n) is 2.02. The summed E-state index contributed by atoms with van der Waals surface area (Å²) < 4.78 is 6.57. The predicted octanol–water partition coefficient (Wildman–Crippen LogP) is 4.26. The number of nitro benzene ring substituents is 1. The van der Waals surface area contributed by atoms with Gasteiger partial charge < -0.3 is 9.84 Å². The van der Waals surface area contributed by atoms with Gasteiger partial charge in [0.2, 0.25) is 0 Å². The Morgan fingerprint density at radius 1 is 1.19 bits per heavy atom. The predicted molar refractivity (Wildman–Crippen MR) is 82.7 cm³/mol. The molecular formula is C15H14BrNO4. The van der Waals surface area contributed by atoms with Crippen molar-refractivity contribution in [3.8, 4) is 11.5 Å². The first-order valence-corrected chi connectivity index (χ1v) is 7.04. The molecule has 21 heavy (non-hydrogen) atoms. The van der Waals surface area contributed by atoms with E-state index in [1.165, 1.54) is 6.07 Å². The van der Waals surface area contributed by atoms with Crippen molar-refractivity contribution >= 4 is 21.6 Å². The Kier molecular flexibility index (Phi) is 4.59. The summed E-state index contributed by atoms with van der Waals surface area (Å²) in [5, 5.41) is 20.4. The molecule has 0 spiro atoms. The van der Waals surface area contributed by atoms with Crippen LogP contribution in [0.2, 0.25) is 0 Å². The number of hydrogen-bond donors (Lipinski definition) is 1. The van der Waals surface area contributed by atoms with Gasteiger partial charge in [-0.2, -0.15) is 0 Å². The first-order chi connectivity index (χ1) is 9.92. The first kappa shape index (κ1) is 15.5. The molecule has 0 fully saturated rings. The average Bonchev–Trinajstić information content (AvgIpc) is 2.42. The lowest BCUT2D eigenvalue weighted by Gasteiger charge is -2.13. The minimum atomic E-state index is -0.434. The summed E-state index contributed by atoms with van der Waals surface area (Å²) in [6.45, 7) is 3.33. The first-order valence-electron chi connectivity index (χ1n) is 6.25. The van der Waals surface area contributed by atoms with E-state index < -0.39 is 4.92 Å². The molecule has 0 saturated carbocycles. The van der Waals surface area contributed by atoms with Gasteiger partial charge in [-0.25, -0.2) is 0 Å². The molecule has 0 aliphatic heterocycles. The second kappa shape index (κ2) is 6.24. The number of aryl methyl sites for hydroxylation is 2. The molecular weight excluding hydrogens is 338 g/mol. The van der Waals surface area contributed by atoms with Crippen LogP contribution in [0.5, 0.6) is 11.5 Å². The second-order valence-corrected chi connectivity index (χ2v) is 5.59. The molecule has 2 rings (SSSR count). The molecule has 110 valence electrons. The van der Waals surface area contributed by atoms with Gasteiger partial charge in [0.1, 0.15) is 11.5 Å². The van der Waals surface area contributed by atoms with Crippen LogP contribution in [-0.2, 0) is 6.61 Å². The van der Waals surface area contributed by atoms with E-state index in [0.29, 0.717) is 22.6 Å². The van der Waals surface area contributed by atoms with E-state index >= 15 is 0 Å². The summed E-state index contributed by atoms with van der Waals surface area (Å²) in [6, 6.07) is 8.36. The van der Waals surface area contributed by atoms with Gasteiger partial charge in [-0.15, -0.1) is 0 Å². The fraction of sp³-hybridized carbons (Fsp3) is 0.200. The number of rotatable bonds is 4. The van der Waals surface area contributed by atoms with Crippen molar-refractivity contribution in [2.75, 3.05) is 0 Å². The highest BCUT2D eigenvalue weighted by Gasteiger charge is 2.16. The van der Waals surface area contributed by atoms with Gasteiger partial charge in [0.25, 0.3) is 5.69 Å². The Balaban J connectivity index is 2.44. The van der Waals surface area contributed by atoms with Crippen LogP contribution in [0, 0.1) is 24.0 Å². The smallest absolute Gasteiger partial charge is 0.276 e. The third kappa shape index (κ3) is 3.40. The lowest BCUT2D eigenvalue weighted by atomic mass is 10.1. The third-order valence-electron chi connectivity index (χ3n) is 3.10. The maximum absolute atomic E-state index is 11.0. The van der Waals surface area contributed by atoms with Crippen molar-refractivity contribution in [3.05, 3.63) is 61.6 Å². The van der Waals surface area contributed by atoms with Gasteiger partial charge in [-0.1, -0.05) is 15.9 Å². The highest BCUT2D eigenvalue weighted by molar-refractivity contribution is 9.10. The molecule has 0 aliphatic carbocycles. The summed E-state index contributed by atoms with van der Waals surface area (Å²) in [5.41, 5.74) is 2.00. The van der Waals surface area contributed by atoms with E-state index in [2.05, 4.69) is 15.9 Å². The molecule has 0 radical (unpaired) electrons. The van der Waals surface area contributed by atoms with Gasteiger partial charge in [-0.3, -0.25) is 10.1 Å². The standard InChI is InChI=1S/C15H14BrNO4/c1-9-5-10(2)15(7-13(9)17(19)20)21-14-4-3-12(16)6-11(14)8-18/h3-7,18H,8H2,1-2H3. The highest BCUT2D eigenvalue weighted by Crippen LogP contribution is 2.33. The fourth-order valence-corrected chi connectivity index (χ4v) is 2.43. The molecule has 5 nitrogen and oxygen atoms in total. The van der Waals surface area contributed by atoms with Gasteiger partial charge in [0.05, 0.1) is 17.6 Å². The molecule has 0 saturated heterocycles. The zero-order valence-corrected chi connectivity index (χ0v) is 13.2. The van der Waals surface area contributed by atoms with Gasteiger partial charge in [0, 0.05) is 15.6 Å². The molecule has 0 heterocycles. The lowest BCUT2D eigenvalue weighted by Crippen LogP contribution is -1.97. The minimum absolute atomic E-state index is 0.0123. The molecule has 6 heteroatoms. The van der Waals surface area contributed by atoms with Crippen molar-refractivity contribution < 1.29 is 14.8 Å². The Morgan fingerprint density at radius 3 is 2.52 bits per heavy atom. The summed E-state index contributed by atoms with van der Waals surface area (Å²) in [4.78, 5) is 10.6. The lowest BCUT2D eigenvalue weighted by molar-refractivity contribution is -0.385. The van der Waals surface area contributed by atoms with Crippen LogP contribution in [0.25, 0.3) is 0 Å². The van der Waals surface area contributed by atoms with Crippen LogP contribution in [-0.4, -0.2) is 10.0 Å². The molecule has 2 aromatic carbocycles. The summed E-state index contributed by atoms with van der Waals surface area (Å²) in [6.07, 6.45) is 0. The minimum Gasteiger partial charge on any atom is -0.456 e. The zero-order chi connectivity index (χ0) is 15.6. The topological polar surface area (TPSA) is 72.6 Å². The van der Waals surface area contributed by atoms with Crippen LogP contribution in [0.3, 0.4) is 0 Å². The van der Waals surface area contributed by atoms with E-state index in [-0.39, 0.29) is 12.3 Å². The Bertz CT molecular complexity index is 700. The number of nitro groups is 1. The van der Waals surface area contributed by atoms with E-state index in [0.717, 1.165) is 10.0 Å². The Hall–Kier alpha value is -1.92. The molecule has 0 aromatic heterocycles. The van der Waals surface area contributed by atoms with E-state index in [9.17, 15) is 15.2 Å². The molecule has 2 aromatic rings. The number of nitrogens with zero attached hydrogens (tertiary/aromatic N) is 1. The second-order valence-electron chi connectivity index (χ2n) is 4.67. The van der Waals surface area contributed by atoms with Crippen LogP contribution in [0.1, 0.15) is 16.7 Å². The van der Waals surface area contributed by atoms with Crippen molar-refractivity contribution in [3.63, 3.8) is 0 Å². The molecule has 0 atom stereocenters. The third-order valence-corrected chi connectivity index (χ3v) is 3.60. The SMILES string of the molecule is Cc1cc(C)c([N+](=O)[O-])cc1Oc1ccc(Br)cc1CO. The number of benzene rings is 2. The van der Waals surface area contributed by atoms with E-state index in [4.69, 9.17) is 4.74 Å². The van der Waals surface area contributed by atoms with Crippen molar-refractivity contribution in [1.82, 2.24) is 0 Å². The molecule has 0 aliphatic rings. The number of ether oxygens (including phenoxy) is 1. The summed E-state index contributed by atoms with van der Waals surface area (Å²) in [7, 11) is 0. The molecule has 1 N–H and O–H groups in total. The van der Waals surface area contributed by atoms with Crippen molar-refractivity contribution in [1.29, 1.82) is 0 Å². The summed E-state index contributed by atoms with van der Waals surface area (Å²) in [5.74, 6) is 0.881. The van der Waals surface area contributed by atoms with Crippen LogP contribution < -0.4 is 4.74 Å². The zero-order valence-electron chi connectivity index (χ0n) is 11.6. The van der Waals surface area contributed by atoms with Gasteiger partial charge >= 0.3 is 0 Å². The largest absolute Gasteiger partial charge is 0.456 e. The monoisotopic (exact) mass is 351 g/mol. The maximum Gasteiger partial charge on any atom is 0.276 e. The van der Waals surface area contributed by atoms with Gasteiger partial charge in [-0.05, 0) is 43.7 Å². The Morgan fingerprint density at radius 2 is 1.90 bits per heavy atom. The normalized spacial score (nSPS) is 10.5. The average molecular weight is 352 g/mol. The van der Waals surface area contributed by atoms with Crippen LogP contribution in [0.15, 0.2) is 34.8 Å². The maximum atomic E-state index is 11.0. The summed E-state index contributed by atoms with van der Waals surface area (Å²) >= 11 is 3.32. The number of aliphatic hydroxyl groups is 1. The molecule has 0 unspecified atom stereocenters. The quantitative estimate of drug-likeness (QED) is 0.659. The van der Waals surface area contributed by atoms with E-state index in [1.807, 2.05) is 6.92 Å². The highest BCUT2D eigenvalue weighted by atomic mass is 79.9. The van der Waals surface area contributed by atoms with Crippen LogP contribution >= 0.6 is 15.9 Å². The Labute approximate surface area is 130 Å². The molecule has 0 bridgehead atoms. The number of hydrogen-bond acceptors (Lipinski definition) is 4.